The molecule has 0 bridgehead atoms. The van der Waals surface area contributed by atoms with Crippen molar-refractivity contribution in [1.82, 2.24) is 4.90 Å². The van der Waals surface area contributed by atoms with E-state index in [2.05, 4.69) is 6.07 Å². The van der Waals surface area contributed by atoms with Crippen LogP contribution in [-0.4, -0.2) is 36.4 Å². The lowest BCUT2D eigenvalue weighted by molar-refractivity contribution is -0.136. The molecular formula is C21H23NO2S. The molecule has 2 aromatic rings. The SMILES string of the molecule is CSc1ccccc1CC(=O)[C@H]1C(=O)N(C)C[C@@H]1c1cccc(C)c1. The van der Waals surface area contributed by atoms with Crippen LogP contribution in [0, 0.1) is 12.8 Å². The molecule has 0 spiro atoms. The van der Waals surface area contributed by atoms with Crippen molar-refractivity contribution in [3.8, 4) is 0 Å². The van der Waals surface area contributed by atoms with Crippen LogP contribution < -0.4 is 0 Å². The number of hydrogen-bond acceptors (Lipinski definition) is 3. The van der Waals surface area contributed by atoms with Gasteiger partial charge in [0.15, 0.2) is 0 Å². The predicted octanol–water partition coefficient (Wildman–Crippen LogP) is 3.70. The number of aryl methyl sites for hydroxylation is 1. The number of amides is 1. The standard InChI is InChI=1S/C21H23NO2S/c1-14-7-6-9-15(11-14)17-13-22(2)21(24)20(17)18(23)12-16-8-4-5-10-19(16)25-3/h4-11,17,20H,12-13H2,1-3H3/t17-,20+/m1/s1. The van der Waals surface area contributed by atoms with Crippen LogP contribution in [0.3, 0.4) is 0 Å². The zero-order valence-corrected chi connectivity index (χ0v) is 15.7. The van der Waals surface area contributed by atoms with Crippen molar-refractivity contribution in [2.24, 2.45) is 5.92 Å². The van der Waals surface area contributed by atoms with E-state index in [4.69, 9.17) is 0 Å². The summed E-state index contributed by atoms with van der Waals surface area (Å²) in [6.07, 6.45) is 2.32. The summed E-state index contributed by atoms with van der Waals surface area (Å²) < 4.78 is 0. The Labute approximate surface area is 153 Å². The zero-order chi connectivity index (χ0) is 18.0. The average Bonchev–Trinajstić information content (AvgIpc) is 2.90. The van der Waals surface area contributed by atoms with Crippen LogP contribution in [0.25, 0.3) is 0 Å². The molecule has 1 fully saturated rings. The van der Waals surface area contributed by atoms with Gasteiger partial charge in [0.25, 0.3) is 0 Å². The van der Waals surface area contributed by atoms with Crippen LogP contribution in [0.15, 0.2) is 53.4 Å². The molecule has 0 unspecified atom stereocenters. The number of nitrogens with zero attached hydrogens (tertiary/aromatic N) is 1. The first kappa shape index (κ1) is 17.7. The van der Waals surface area contributed by atoms with Gasteiger partial charge in [-0.15, -0.1) is 11.8 Å². The van der Waals surface area contributed by atoms with Gasteiger partial charge in [0.2, 0.25) is 5.91 Å². The highest BCUT2D eigenvalue weighted by atomic mass is 32.2. The minimum Gasteiger partial charge on any atom is -0.344 e. The number of likely N-dealkylation sites (N-methyl/N-ethyl adjacent to an activating group) is 1. The van der Waals surface area contributed by atoms with E-state index in [1.165, 1.54) is 0 Å². The molecule has 1 amide bonds. The molecule has 25 heavy (non-hydrogen) atoms. The second-order valence-corrected chi connectivity index (χ2v) is 7.52. The van der Waals surface area contributed by atoms with Crippen molar-refractivity contribution in [1.29, 1.82) is 0 Å². The van der Waals surface area contributed by atoms with Gasteiger partial charge in [0.1, 0.15) is 11.7 Å². The Morgan fingerprint density at radius 3 is 2.68 bits per heavy atom. The van der Waals surface area contributed by atoms with Gasteiger partial charge in [0, 0.05) is 30.8 Å². The van der Waals surface area contributed by atoms with E-state index in [0.717, 1.165) is 21.6 Å². The van der Waals surface area contributed by atoms with Gasteiger partial charge in [-0.25, -0.2) is 0 Å². The average molecular weight is 353 g/mol. The Kier molecular flexibility index (Phi) is 5.28. The molecule has 0 aromatic heterocycles. The van der Waals surface area contributed by atoms with Crippen molar-refractivity contribution < 1.29 is 9.59 Å². The minimum atomic E-state index is -0.582. The molecule has 2 aromatic carbocycles. The number of carbonyl (C=O) groups is 2. The maximum Gasteiger partial charge on any atom is 0.233 e. The summed E-state index contributed by atoms with van der Waals surface area (Å²) in [5, 5.41) is 0. The summed E-state index contributed by atoms with van der Waals surface area (Å²) in [7, 11) is 1.79. The monoisotopic (exact) mass is 353 g/mol. The first-order valence-electron chi connectivity index (χ1n) is 8.47. The predicted molar refractivity (Wildman–Crippen MR) is 102 cm³/mol. The Morgan fingerprint density at radius 1 is 1.20 bits per heavy atom. The molecule has 3 nitrogen and oxygen atoms in total. The van der Waals surface area contributed by atoms with Gasteiger partial charge in [0.05, 0.1) is 0 Å². The van der Waals surface area contributed by atoms with Crippen LogP contribution in [0.4, 0.5) is 0 Å². The minimum absolute atomic E-state index is 0.0161. The summed E-state index contributed by atoms with van der Waals surface area (Å²) >= 11 is 1.63. The molecule has 0 aliphatic carbocycles. The third kappa shape index (κ3) is 3.64. The van der Waals surface area contributed by atoms with Crippen molar-refractivity contribution in [3.05, 3.63) is 65.2 Å². The number of Topliss-reactive ketones (excluding diaryl/α,β-unsaturated/α-hetero) is 1. The van der Waals surface area contributed by atoms with E-state index in [0.29, 0.717) is 13.0 Å². The molecule has 2 atom stereocenters. The Morgan fingerprint density at radius 2 is 1.96 bits per heavy atom. The van der Waals surface area contributed by atoms with E-state index < -0.39 is 5.92 Å². The molecule has 1 saturated heterocycles. The van der Waals surface area contributed by atoms with Gasteiger partial charge in [-0.3, -0.25) is 9.59 Å². The molecule has 1 aliphatic rings. The third-order valence-corrected chi connectivity index (χ3v) is 5.73. The number of likely N-dealkylation sites (tertiary alicyclic amines) is 1. The highest BCUT2D eigenvalue weighted by molar-refractivity contribution is 7.98. The number of rotatable bonds is 5. The second-order valence-electron chi connectivity index (χ2n) is 6.67. The fraction of sp³-hybridized carbons (Fsp3) is 0.333. The van der Waals surface area contributed by atoms with Gasteiger partial charge in [-0.05, 0) is 30.4 Å². The number of ketones is 1. The normalized spacial score (nSPS) is 20.1. The van der Waals surface area contributed by atoms with Crippen molar-refractivity contribution in [2.75, 3.05) is 19.8 Å². The quantitative estimate of drug-likeness (QED) is 0.607. The lowest BCUT2D eigenvalue weighted by Gasteiger charge is -2.17. The Balaban J connectivity index is 1.89. The lowest BCUT2D eigenvalue weighted by atomic mass is 9.83. The van der Waals surface area contributed by atoms with Crippen molar-refractivity contribution in [2.45, 2.75) is 24.2 Å². The molecule has 130 valence electrons. The number of hydrogen-bond donors (Lipinski definition) is 0. The molecule has 1 heterocycles. The van der Waals surface area contributed by atoms with E-state index in [1.54, 1.807) is 23.7 Å². The first-order chi connectivity index (χ1) is 12.0. The van der Waals surface area contributed by atoms with Gasteiger partial charge >= 0.3 is 0 Å². The summed E-state index contributed by atoms with van der Waals surface area (Å²) in [6, 6.07) is 16.1. The van der Waals surface area contributed by atoms with E-state index in [9.17, 15) is 9.59 Å². The van der Waals surface area contributed by atoms with Crippen LogP contribution in [0.2, 0.25) is 0 Å². The molecule has 0 N–H and O–H groups in total. The van der Waals surface area contributed by atoms with Crippen molar-refractivity contribution in [3.63, 3.8) is 0 Å². The molecule has 3 rings (SSSR count). The van der Waals surface area contributed by atoms with Crippen LogP contribution >= 0.6 is 11.8 Å². The Bertz CT molecular complexity index is 802. The summed E-state index contributed by atoms with van der Waals surface area (Å²) in [6.45, 7) is 2.64. The maximum absolute atomic E-state index is 13.1. The van der Waals surface area contributed by atoms with Crippen LogP contribution in [0.1, 0.15) is 22.6 Å². The van der Waals surface area contributed by atoms with E-state index in [1.807, 2.05) is 55.6 Å². The Hall–Kier alpha value is -2.07. The maximum atomic E-state index is 13.1. The fourth-order valence-corrected chi connectivity index (χ4v) is 4.22. The molecule has 1 aliphatic heterocycles. The smallest absolute Gasteiger partial charge is 0.233 e. The molecular weight excluding hydrogens is 330 g/mol. The second kappa shape index (κ2) is 7.44. The third-order valence-electron chi connectivity index (χ3n) is 4.89. The van der Waals surface area contributed by atoms with Gasteiger partial charge < -0.3 is 4.90 Å². The number of thioether (sulfide) groups is 1. The molecule has 0 radical (unpaired) electrons. The van der Waals surface area contributed by atoms with E-state index >= 15 is 0 Å². The number of benzene rings is 2. The molecule has 4 heteroatoms. The van der Waals surface area contributed by atoms with Crippen molar-refractivity contribution >= 4 is 23.5 Å². The summed E-state index contributed by atoms with van der Waals surface area (Å²) in [4.78, 5) is 28.5. The van der Waals surface area contributed by atoms with Crippen LogP contribution in [0.5, 0.6) is 0 Å². The largest absolute Gasteiger partial charge is 0.344 e. The van der Waals surface area contributed by atoms with Gasteiger partial charge in [-0.2, -0.15) is 0 Å². The topological polar surface area (TPSA) is 37.4 Å². The highest BCUT2D eigenvalue weighted by Gasteiger charge is 2.43. The highest BCUT2D eigenvalue weighted by Crippen LogP contribution is 2.35. The fourth-order valence-electron chi connectivity index (χ4n) is 3.61. The van der Waals surface area contributed by atoms with E-state index in [-0.39, 0.29) is 17.6 Å². The summed E-state index contributed by atoms with van der Waals surface area (Å²) in [5.74, 6) is -0.687. The van der Waals surface area contributed by atoms with Gasteiger partial charge in [-0.1, -0.05) is 48.0 Å². The number of carbonyl (C=O) groups excluding carboxylic acids is 2. The lowest BCUT2D eigenvalue weighted by Crippen LogP contribution is -2.29. The zero-order valence-electron chi connectivity index (χ0n) is 14.9. The molecule has 0 saturated carbocycles. The summed E-state index contributed by atoms with van der Waals surface area (Å²) in [5.41, 5.74) is 3.23. The first-order valence-corrected chi connectivity index (χ1v) is 9.70. The van der Waals surface area contributed by atoms with Crippen LogP contribution in [-0.2, 0) is 16.0 Å².